The Balaban J connectivity index is 1.54. The topological polar surface area (TPSA) is 75.3 Å². The normalized spacial score (nSPS) is 22.2. The van der Waals surface area contributed by atoms with Crippen LogP contribution in [0, 0.1) is 5.92 Å². The zero-order valence-corrected chi connectivity index (χ0v) is 15.1. The Morgan fingerprint density at radius 3 is 2.72 bits per heavy atom. The number of rotatable bonds is 5. The summed E-state index contributed by atoms with van der Waals surface area (Å²) in [6, 6.07) is 7.06. The smallest absolute Gasteiger partial charge is 0.175 e. The lowest BCUT2D eigenvalue weighted by Gasteiger charge is -2.34. The molecule has 4 rings (SSSR count). The first-order valence-corrected chi connectivity index (χ1v) is 10.6. The maximum atomic E-state index is 11.6. The summed E-state index contributed by atoms with van der Waals surface area (Å²) in [6.45, 7) is 3.50. The van der Waals surface area contributed by atoms with Gasteiger partial charge in [-0.15, -0.1) is 0 Å². The molecule has 2 fully saturated rings. The second kappa shape index (κ2) is 6.55. The van der Waals surface area contributed by atoms with Crippen molar-refractivity contribution in [2.45, 2.75) is 23.8 Å². The lowest BCUT2D eigenvalue weighted by Crippen LogP contribution is -2.41. The molecule has 2 aliphatic rings. The van der Waals surface area contributed by atoms with E-state index in [1.54, 1.807) is 12.1 Å². The van der Waals surface area contributed by atoms with E-state index in [-0.39, 0.29) is 6.04 Å². The lowest BCUT2D eigenvalue weighted by molar-refractivity contribution is -0.0134. The third-order valence-electron chi connectivity index (χ3n) is 4.93. The van der Waals surface area contributed by atoms with Gasteiger partial charge in [-0.1, -0.05) is 12.1 Å². The van der Waals surface area contributed by atoms with Crippen LogP contribution in [0.25, 0.3) is 11.3 Å². The number of imidazole rings is 1. The number of hydrogen-bond acceptors (Lipinski definition) is 5. The Morgan fingerprint density at radius 2 is 2.04 bits per heavy atom. The van der Waals surface area contributed by atoms with Crippen LogP contribution in [0.2, 0.25) is 0 Å². The molecule has 0 amide bonds. The van der Waals surface area contributed by atoms with Crippen LogP contribution in [-0.2, 0) is 14.6 Å². The molecule has 25 heavy (non-hydrogen) atoms. The Morgan fingerprint density at radius 1 is 1.28 bits per heavy atom. The van der Waals surface area contributed by atoms with Crippen molar-refractivity contribution in [1.29, 1.82) is 0 Å². The third kappa shape index (κ3) is 3.78. The van der Waals surface area contributed by atoms with Gasteiger partial charge < -0.3 is 9.72 Å². The summed E-state index contributed by atoms with van der Waals surface area (Å²) in [5, 5.41) is 0. The Hall–Kier alpha value is -1.70. The van der Waals surface area contributed by atoms with Crippen molar-refractivity contribution < 1.29 is 13.2 Å². The van der Waals surface area contributed by atoms with Gasteiger partial charge in [0.05, 0.1) is 36.0 Å². The predicted octanol–water partition coefficient (Wildman–Crippen LogP) is 2.26. The van der Waals surface area contributed by atoms with E-state index in [0.717, 1.165) is 42.7 Å². The number of aromatic nitrogens is 2. The van der Waals surface area contributed by atoms with Crippen LogP contribution in [0.4, 0.5) is 0 Å². The third-order valence-corrected chi connectivity index (χ3v) is 6.06. The zero-order chi connectivity index (χ0) is 17.4. The monoisotopic (exact) mass is 361 g/mol. The van der Waals surface area contributed by atoms with Gasteiger partial charge in [0.15, 0.2) is 9.84 Å². The summed E-state index contributed by atoms with van der Waals surface area (Å²) in [5.41, 5.74) is 1.82. The summed E-state index contributed by atoms with van der Waals surface area (Å²) in [4.78, 5) is 10.8. The summed E-state index contributed by atoms with van der Waals surface area (Å²) in [7, 11) is -3.18. The molecule has 1 aromatic carbocycles. The van der Waals surface area contributed by atoms with Crippen LogP contribution in [0.1, 0.15) is 24.7 Å². The Labute approximate surface area is 148 Å². The van der Waals surface area contributed by atoms with Crippen molar-refractivity contribution >= 4 is 9.84 Å². The molecule has 134 valence electrons. The molecule has 1 saturated heterocycles. The molecule has 1 aliphatic heterocycles. The van der Waals surface area contributed by atoms with E-state index in [4.69, 9.17) is 4.74 Å². The number of sulfone groups is 1. The van der Waals surface area contributed by atoms with Gasteiger partial charge in [0, 0.05) is 19.3 Å². The summed E-state index contributed by atoms with van der Waals surface area (Å²) in [6.07, 6.45) is 5.70. The molecule has 1 aliphatic carbocycles. The van der Waals surface area contributed by atoms with Gasteiger partial charge in [-0.3, -0.25) is 4.90 Å². The maximum Gasteiger partial charge on any atom is 0.175 e. The molecular weight excluding hydrogens is 338 g/mol. The first kappa shape index (κ1) is 16.8. The number of aromatic amines is 1. The molecule has 0 spiro atoms. The highest BCUT2D eigenvalue weighted by molar-refractivity contribution is 7.90. The predicted molar refractivity (Wildman–Crippen MR) is 95.0 cm³/mol. The second-order valence-electron chi connectivity index (χ2n) is 7.01. The fraction of sp³-hybridized carbons (Fsp3) is 0.500. The average Bonchev–Trinajstić information content (AvgIpc) is 3.27. The van der Waals surface area contributed by atoms with Crippen molar-refractivity contribution in [3.8, 4) is 11.3 Å². The van der Waals surface area contributed by atoms with Crippen LogP contribution in [0.5, 0.6) is 0 Å². The van der Waals surface area contributed by atoms with Gasteiger partial charge in [-0.2, -0.15) is 0 Å². The molecule has 1 atom stereocenters. The highest BCUT2D eigenvalue weighted by Gasteiger charge is 2.32. The molecule has 0 bridgehead atoms. The molecule has 0 unspecified atom stereocenters. The lowest BCUT2D eigenvalue weighted by atomic mass is 10.2. The number of nitrogens with zero attached hydrogens (tertiary/aromatic N) is 2. The van der Waals surface area contributed by atoms with E-state index in [1.807, 2.05) is 18.3 Å². The number of nitrogens with one attached hydrogen (secondary N) is 1. The molecular formula is C18H23N3O3S. The van der Waals surface area contributed by atoms with Gasteiger partial charge in [-0.05, 0) is 36.5 Å². The molecule has 1 N–H and O–H groups in total. The van der Waals surface area contributed by atoms with E-state index >= 15 is 0 Å². The fourth-order valence-corrected chi connectivity index (χ4v) is 3.91. The SMILES string of the molecule is CS(=O)(=O)c1ccc(-c2cnc([C@@H]3COCCN3CC3CC3)[nH]2)cc1. The van der Waals surface area contributed by atoms with E-state index < -0.39 is 9.84 Å². The highest BCUT2D eigenvalue weighted by Crippen LogP contribution is 2.33. The number of hydrogen-bond donors (Lipinski definition) is 1. The molecule has 1 aromatic heterocycles. The minimum atomic E-state index is -3.18. The van der Waals surface area contributed by atoms with Crippen LogP contribution < -0.4 is 0 Å². The first-order chi connectivity index (χ1) is 12.0. The van der Waals surface area contributed by atoms with Gasteiger partial charge in [0.1, 0.15) is 5.82 Å². The minimum Gasteiger partial charge on any atom is -0.378 e. The van der Waals surface area contributed by atoms with Gasteiger partial charge in [-0.25, -0.2) is 13.4 Å². The number of morpholine rings is 1. The van der Waals surface area contributed by atoms with Crippen LogP contribution in [0.3, 0.4) is 0 Å². The summed E-state index contributed by atoms with van der Waals surface area (Å²) in [5.74, 6) is 1.75. The summed E-state index contributed by atoms with van der Waals surface area (Å²) >= 11 is 0. The van der Waals surface area contributed by atoms with Crippen molar-refractivity contribution in [2.75, 3.05) is 32.6 Å². The van der Waals surface area contributed by atoms with Crippen molar-refractivity contribution in [3.63, 3.8) is 0 Å². The Bertz CT molecular complexity index is 841. The van der Waals surface area contributed by atoms with Crippen LogP contribution in [-0.4, -0.2) is 55.8 Å². The first-order valence-electron chi connectivity index (χ1n) is 8.68. The van der Waals surface area contributed by atoms with Crippen LogP contribution in [0.15, 0.2) is 35.4 Å². The maximum absolute atomic E-state index is 11.6. The standard InChI is InChI=1S/C18H23N3O3S/c1-25(22,23)15-6-4-14(5-7-15)16-10-19-18(20-16)17-12-24-9-8-21(17)11-13-2-3-13/h4-7,10,13,17H,2-3,8-9,11-12H2,1H3,(H,19,20)/t17-/m0/s1. The zero-order valence-electron chi connectivity index (χ0n) is 14.3. The quantitative estimate of drug-likeness (QED) is 0.884. The molecule has 1 saturated carbocycles. The van der Waals surface area contributed by atoms with Crippen molar-refractivity contribution in [1.82, 2.24) is 14.9 Å². The number of H-pyrrole nitrogens is 1. The van der Waals surface area contributed by atoms with E-state index in [2.05, 4.69) is 14.9 Å². The van der Waals surface area contributed by atoms with Gasteiger partial charge in [0.2, 0.25) is 0 Å². The van der Waals surface area contributed by atoms with Gasteiger partial charge >= 0.3 is 0 Å². The molecule has 6 nitrogen and oxygen atoms in total. The molecule has 0 radical (unpaired) electrons. The van der Waals surface area contributed by atoms with Gasteiger partial charge in [0.25, 0.3) is 0 Å². The summed E-state index contributed by atoms with van der Waals surface area (Å²) < 4.78 is 28.8. The molecule has 7 heteroatoms. The molecule has 2 heterocycles. The number of benzene rings is 1. The average molecular weight is 361 g/mol. The molecule has 2 aromatic rings. The second-order valence-corrected chi connectivity index (χ2v) is 9.02. The largest absolute Gasteiger partial charge is 0.378 e. The fourth-order valence-electron chi connectivity index (χ4n) is 3.27. The number of ether oxygens (including phenoxy) is 1. The van der Waals surface area contributed by atoms with Crippen molar-refractivity contribution in [2.24, 2.45) is 5.92 Å². The van der Waals surface area contributed by atoms with Crippen molar-refractivity contribution in [3.05, 3.63) is 36.3 Å². The van der Waals surface area contributed by atoms with E-state index in [0.29, 0.717) is 11.5 Å². The minimum absolute atomic E-state index is 0.165. The Kier molecular flexibility index (Phi) is 4.39. The van der Waals surface area contributed by atoms with Crippen LogP contribution >= 0.6 is 0 Å². The van der Waals surface area contributed by atoms with E-state index in [1.165, 1.54) is 19.1 Å². The highest BCUT2D eigenvalue weighted by atomic mass is 32.2. The van der Waals surface area contributed by atoms with E-state index in [9.17, 15) is 8.42 Å².